The van der Waals surface area contributed by atoms with Crippen LogP contribution in [0.3, 0.4) is 0 Å². The second-order valence-corrected chi connectivity index (χ2v) is 4.90. The Morgan fingerprint density at radius 2 is 1.95 bits per heavy atom. The summed E-state index contributed by atoms with van der Waals surface area (Å²) in [5, 5.41) is 8.91. The van der Waals surface area contributed by atoms with Gasteiger partial charge in [0.25, 0.3) is 0 Å². The Labute approximate surface area is 124 Å². The number of halogens is 2. The monoisotopic (exact) mass is 303 g/mol. The molecule has 1 N–H and O–H groups in total. The molecule has 1 unspecified atom stereocenters. The highest BCUT2D eigenvalue weighted by molar-refractivity contribution is 5.77. The molecule has 6 heteroatoms. The minimum absolute atomic E-state index is 0.0490. The number of carboxylic acid groups (broad SMARTS) is 1. The van der Waals surface area contributed by atoms with E-state index >= 15 is 0 Å². The Hall–Kier alpha value is -2.76. The van der Waals surface area contributed by atoms with Crippen molar-refractivity contribution in [3.63, 3.8) is 0 Å². The van der Waals surface area contributed by atoms with Gasteiger partial charge in [0.05, 0.1) is 11.5 Å². The van der Waals surface area contributed by atoms with Crippen LogP contribution in [-0.2, 0) is 4.79 Å². The fraction of sp³-hybridized carbons (Fsp3) is 0.125. The van der Waals surface area contributed by atoms with Crippen LogP contribution in [0.4, 0.5) is 8.78 Å². The normalized spacial score (nSPS) is 12.5. The molecule has 0 spiro atoms. The van der Waals surface area contributed by atoms with E-state index in [2.05, 4.69) is 4.98 Å². The van der Waals surface area contributed by atoms with E-state index in [0.717, 1.165) is 12.1 Å². The van der Waals surface area contributed by atoms with Gasteiger partial charge in [0.15, 0.2) is 5.58 Å². The van der Waals surface area contributed by atoms with Crippen molar-refractivity contribution in [3.8, 4) is 11.5 Å². The van der Waals surface area contributed by atoms with Crippen LogP contribution < -0.4 is 0 Å². The van der Waals surface area contributed by atoms with E-state index in [1.54, 1.807) is 24.3 Å². The lowest BCUT2D eigenvalue weighted by Crippen LogP contribution is -2.10. The number of carboxylic acids is 1. The quantitative estimate of drug-likeness (QED) is 0.795. The van der Waals surface area contributed by atoms with Crippen LogP contribution in [0.2, 0.25) is 0 Å². The molecule has 0 aliphatic carbocycles. The van der Waals surface area contributed by atoms with Crippen LogP contribution >= 0.6 is 0 Å². The molecule has 3 rings (SSSR count). The molecule has 0 fully saturated rings. The molecule has 0 saturated carbocycles. The van der Waals surface area contributed by atoms with E-state index in [-0.39, 0.29) is 17.0 Å². The number of hydrogen-bond acceptors (Lipinski definition) is 3. The summed E-state index contributed by atoms with van der Waals surface area (Å²) in [6.07, 6.45) is 0. The molecular weight excluding hydrogens is 292 g/mol. The summed E-state index contributed by atoms with van der Waals surface area (Å²) in [4.78, 5) is 15.0. The highest BCUT2D eigenvalue weighted by Crippen LogP contribution is 2.30. The van der Waals surface area contributed by atoms with Crippen LogP contribution in [0.5, 0.6) is 0 Å². The number of benzene rings is 2. The van der Waals surface area contributed by atoms with Crippen molar-refractivity contribution >= 4 is 17.1 Å². The van der Waals surface area contributed by atoms with E-state index in [1.165, 1.54) is 6.92 Å². The van der Waals surface area contributed by atoms with Gasteiger partial charge in [-0.05, 0) is 31.2 Å². The van der Waals surface area contributed by atoms with Gasteiger partial charge in [-0.2, -0.15) is 0 Å². The highest BCUT2D eigenvalue weighted by atomic mass is 19.1. The summed E-state index contributed by atoms with van der Waals surface area (Å²) in [6, 6.07) is 8.64. The van der Waals surface area contributed by atoms with Gasteiger partial charge in [-0.15, -0.1) is 0 Å². The van der Waals surface area contributed by atoms with E-state index in [0.29, 0.717) is 11.1 Å². The molecule has 0 radical (unpaired) electrons. The Balaban J connectivity index is 2.12. The van der Waals surface area contributed by atoms with Gasteiger partial charge in [-0.25, -0.2) is 13.8 Å². The number of nitrogens with zero attached hydrogens (tertiary/aromatic N) is 1. The minimum Gasteiger partial charge on any atom is -0.481 e. The SMILES string of the molecule is CC(C(=O)O)c1cc(F)c(-c2nc3ccccc3o2)cc1F. The minimum atomic E-state index is -1.23. The average molecular weight is 303 g/mol. The summed E-state index contributed by atoms with van der Waals surface area (Å²) in [5.74, 6) is -4.02. The molecule has 0 aliphatic rings. The van der Waals surface area contributed by atoms with E-state index in [1.807, 2.05) is 0 Å². The standard InChI is InChI=1S/C16H11F2NO3/c1-8(16(20)21)9-6-12(18)10(7-11(9)17)15-19-13-4-2-3-5-14(13)22-15/h2-8H,1H3,(H,20,21). The number of rotatable bonds is 3. The van der Waals surface area contributed by atoms with Crippen molar-refractivity contribution in [1.82, 2.24) is 4.98 Å². The maximum atomic E-state index is 14.2. The lowest BCUT2D eigenvalue weighted by molar-refractivity contribution is -0.138. The largest absolute Gasteiger partial charge is 0.481 e. The first-order valence-corrected chi connectivity index (χ1v) is 6.55. The molecule has 1 aromatic heterocycles. The van der Waals surface area contributed by atoms with Gasteiger partial charge < -0.3 is 9.52 Å². The van der Waals surface area contributed by atoms with Crippen LogP contribution in [0.1, 0.15) is 18.4 Å². The number of oxazole rings is 1. The molecular formula is C16H11F2NO3. The number of hydrogen-bond donors (Lipinski definition) is 1. The summed E-state index contributed by atoms with van der Waals surface area (Å²) in [5.41, 5.74) is 0.625. The molecule has 3 aromatic rings. The maximum Gasteiger partial charge on any atom is 0.310 e. The number of aliphatic carboxylic acids is 1. The van der Waals surface area contributed by atoms with E-state index in [9.17, 15) is 13.6 Å². The molecule has 112 valence electrons. The predicted octanol–water partition coefficient (Wildman–Crippen LogP) is 3.96. The molecule has 0 amide bonds. The van der Waals surface area contributed by atoms with E-state index in [4.69, 9.17) is 9.52 Å². The van der Waals surface area contributed by atoms with Gasteiger partial charge in [0.2, 0.25) is 5.89 Å². The number of fused-ring (bicyclic) bond motifs is 1. The zero-order valence-electron chi connectivity index (χ0n) is 11.5. The smallest absolute Gasteiger partial charge is 0.310 e. The second-order valence-electron chi connectivity index (χ2n) is 4.90. The Morgan fingerprint density at radius 3 is 2.64 bits per heavy atom. The van der Waals surface area contributed by atoms with Crippen molar-refractivity contribution in [3.05, 3.63) is 53.6 Å². The molecule has 0 aliphatic heterocycles. The molecule has 22 heavy (non-hydrogen) atoms. The van der Waals surface area contributed by atoms with Crippen molar-refractivity contribution in [2.24, 2.45) is 0 Å². The van der Waals surface area contributed by atoms with Gasteiger partial charge in [-0.3, -0.25) is 4.79 Å². The predicted molar refractivity (Wildman–Crippen MR) is 75.4 cm³/mol. The first-order chi connectivity index (χ1) is 10.5. The maximum absolute atomic E-state index is 14.2. The zero-order valence-corrected chi connectivity index (χ0v) is 11.5. The summed E-state index contributed by atoms with van der Waals surface area (Å²) >= 11 is 0. The Morgan fingerprint density at radius 1 is 1.23 bits per heavy atom. The summed E-state index contributed by atoms with van der Waals surface area (Å²) in [7, 11) is 0. The first kappa shape index (κ1) is 14.2. The van der Waals surface area contributed by atoms with Crippen LogP contribution in [-0.4, -0.2) is 16.1 Å². The molecule has 0 bridgehead atoms. The lowest BCUT2D eigenvalue weighted by atomic mass is 9.99. The molecule has 2 aromatic carbocycles. The molecule has 1 heterocycles. The highest BCUT2D eigenvalue weighted by Gasteiger charge is 2.22. The fourth-order valence-electron chi connectivity index (χ4n) is 2.18. The van der Waals surface area contributed by atoms with E-state index < -0.39 is 23.5 Å². The Kier molecular flexibility index (Phi) is 3.36. The third kappa shape index (κ3) is 2.32. The third-order valence-corrected chi connectivity index (χ3v) is 3.45. The van der Waals surface area contributed by atoms with Crippen LogP contribution in [0, 0.1) is 11.6 Å². The molecule has 4 nitrogen and oxygen atoms in total. The summed E-state index contributed by atoms with van der Waals surface area (Å²) in [6.45, 7) is 1.29. The van der Waals surface area contributed by atoms with Gasteiger partial charge in [-0.1, -0.05) is 12.1 Å². The average Bonchev–Trinajstić information content (AvgIpc) is 2.92. The second kappa shape index (κ2) is 5.22. The fourth-order valence-corrected chi connectivity index (χ4v) is 2.18. The summed E-state index contributed by atoms with van der Waals surface area (Å²) < 4.78 is 33.7. The van der Waals surface area contributed by atoms with Crippen molar-refractivity contribution in [2.45, 2.75) is 12.8 Å². The topological polar surface area (TPSA) is 63.3 Å². The van der Waals surface area contributed by atoms with Crippen molar-refractivity contribution in [1.29, 1.82) is 0 Å². The molecule has 1 atom stereocenters. The number of aromatic nitrogens is 1. The lowest BCUT2D eigenvalue weighted by Gasteiger charge is -2.09. The number of para-hydroxylation sites is 2. The first-order valence-electron chi connectivity index (χ1n) is 6.55. The zero-order chi connectivity index (χ0) is 15.9. The van der Waals surface area contributed by atoms with Crippen LogP contribution in [0.15, 0.2) is 40.8 Å². The van der Waals surface area contributed by atoms with Gasteiger partial charge in [0, 0.05) is 5.56 Å². The van der Waals surface area contributed by atoms with Crippen LogP contribution in [0.25, 0.3) is 22.6 Å². The van der Waals surface area contributed by atoms with Gasteiger partial charge >= 0.3 is 5.97 Å². The molecule has 0 saturated heterocycles. The Bertz CT molecular complexity index is 840. The van der Waals surface area contributed by atoms with Gasteiger partial charge in [0.1, 0.15) is 17.2 Å². The van der Waals surface area contributed by atoms with Crippen molar-refractivity contribution in [2.75, 3.05) is 0 Å². The van der Waals surface area contributed by atoms with Crippen molar-refractivity contribution < 1.29 is 23.1 Å². The third-order valence-electron chi connectivity index (χ3n) is 3.45. The number of carbonyl (C=O) groups is 1.